The Morgan fingerprint density at radius 1 is 1.67 bits per heavy atom. The van der Waals surface area contributed by atoms with E-state index in [9.17, 15) is 4.79 Å². The van der Waals surface area contributed by atoms with Crippen LogP contribution in [0, 0.1) is 0 Å². The SMILES string of the molecule is C=CCCNC(=O)c1snnc1CCC. The van der Waals surface area contributed by atoms with Crippen LogP contribution in [0.4, 0.5) is 0 Å². The lowest BCUT2D eigenvalue weighted by Gasteiger charge is -2.01. The van der Waals surface area contributed by atoms with Crippen molar-refractivity contribution in [2.75, 3.05) is 6.54 Å². The van der Waals surface area contributed by atoms with Gasteiger partial charge < -0.3 is 5.32 Å². The van der Waals surface area contributed by atoms with Crippen molar-refractivity contribution in [2.45, 2.75) is 26.2 Å². The second kappa shape index (κ2) is 6.29. The lowest BCUT2D eigenvalue weighted by Crippen LogP contribution is -2.24. The van der Waals surface area contributed by atoms with Crippen LogP contribution in [0.15, 0.2) is 12.7 Å². The lowest BCUT2D eigenvalue weighted by molar-refractivity contribution is 0.0957. The van der Waals surface area contributed by atoms with E-state index in [0.717, 1.165) is 36.5 Å². The number of rotatable bonds is 6. The van der Waals surface area contributed by atoms with Crippen molar-refractivity contribution in [3.05, 3.63) is 23.2 Å². The maximum atomic E-state index is 11.7. The molecule has 1 N–H and O–H groups in total. The van der Waals surface area contributed by atoms with Gasteiger partial charge in [-0.3, -0.25) is 4.79 Å². The molecule has 0 radical (unpaired) electrons. The smallest absolute Gasteiger partial charge is 0.264 e. The van der Waals surface area contributed by atoms with Crippen LogP contribution in [-0.4, -0.2) is 22.0 Å². The van der Waals surface area contributed by atoms with Crippen molar-refractivity contribution >= 4 is 17.4 Å². The minimum Gasteiger partial charge on any atom is -0.351 e. The van der Waals surface area contributed by atoms with Gasteiger partial charge >= 0.3 is 0 Å². The normalized spacial score (nSPS) is 9.93. The van der Waals surface area contributed by atoms with Gasteiger partial charge in [0.15, 0.2) is 0 Å². The van der Waals surface area contributed by atoms with Gasteiger partial charge in [-0.25, -0.2) is 0 Å². The zero-order chi connectivity index (χ0) is 11.1. The third kappa shape index (κ3) is 3.43. The maximum absolute atomic E-state index is 11.7. The van der Waals surface area contributed by atoms with Crippen LogP contribution in [0.1, 0.15) is 35.1 Å². The molecule has 0 unspecified atom stereocenters. The fourth-order valence-electron chi connectivity index (χ4n) is 1.15. The Morgan fingerprint density at radius 2 is 2.47 bits per heavy atom. The van der Waals surface area contributed by atoms with Crippen molar-refractivity contribution in [1.82, 2.24) is 14.9 Å². The third-order valence-corrected chi connectivity index (χ3v) is 2.65. The molecule has 0 atom stereocenters. The molecule has 15 heavy (non-hydrogen) atoms. The highest BCUT2D eigenvalue weighted by molar-refractivity contribution is 7.08. The summed E-state index contributed by atoms with van der Waals surface area (Å²) in [4.78, 5) is 12.3. The summed E-state index contributed by atoms with van der Waals surface area (Å²) in [6.45, 7) is 6.27. The first kappa shape index (κ1) is 11.8. The van der Waals surface area contributed by atoms with E-state index in [4.69, 9.17) is 0 Å². The van der Waals surface area contributed by atoms with Crippen LogP contribution >= 0.6 is 11.5 Å². The number of carbonyl (C=O) groups is 1. The summed E-state index contributed by atoms with van der Waals surface area (Å²) in [5.41, 5.74) is 0.804. The number of carbonyl (C=O) groups excluding carboxylic acids is 1. The predicted molar refractivity (Wildman–Crippen MR) is 61.1 cm³/mol. The summed E-state index contributed by atoms with van der Waals surface area (Å²) in [5, 5.41) is 6.75. The first-order chi connectivity index (χ1) is 7.29. The molecule has 0 aliphatic rings. The summed E-state index contributed by atoms with van der Waals surface area (Å²) < 4.78 is 3.80. The molecule has 0 aliphatic heterocycles. The first-order valence-corrected chi connectivity index (χ1v) is 5.77. The Balaban J connectivity index is 2.56. The van der Waals surface area contributed by atoms with E-state index >= 15 is 0 Å². The summed E-state index contributed by atoms with van der Waals surface area (Å²) in [7, 11) is 0. The zero-order valence-corrected chi connectivity index (χ0v) is 9.64. The van der Waals surface area contributed by atoms with Crippen molar-refractivity contribution in [1.29, 1.82) is 0 Å². The molecule has 1 aromatic rings. The summed E-state index contributed by atoms with van der Waals surface area (Å²) in [6, 6.07) is 0. The molecule has 1 rings (SSSR count). The Kier molecular flexibility index (Phi) is 4.97. The van der Waals surface area contributed by atoms with Crippen molar-refractivity contribution in [3.8, 4) is 0 Å². The molecule has 1 heterocycles. The van der Waals surface area contributed by atoms with Crippen LogP contribution < -0.4 is 5.32 Å². The van der Waals surface area contributed by atoms with Crippen molar-refractivity contribution in [2.24, 2.45) is 0 Å². The van der Waals surface area contributed by atoms with Gasteiger partial charge in [-0.2, -0.15) is 0 Å². The van der Waals surface area contributed by atoms with E-state index < -0.39 is 0 Å². The molecule has 0 aliphatic carbocycles. The highest BCUT2D eigenvalue weighted by Gasteiger charge is 2.14. The largest absolute Gasteiger partial charge is 0.351 e. The van der Waals surface area contributed by atoms with Gasteiger partial charge in [-0.15, -0.1) is 11.7 Å². The molecule has 4 nitrogen and oxygen atoms in total. The van der Waals surface area contributed by atoms with Crippen LogP contribution in [-0.2, 0) is 6.42 Å². The molecule has 0 fully saturated rings. The van der Waals surface area contributed by atoms with Crippen molar-refractivity contribution in [3.63, 3.8) is 0 Å². The topological polar surface area (TPSA) is 54.9 Å². The van der Waals surface area contributed by atoms with E-state index in [-0.39, 0.29) is 5.91 Å². The van der Waals surface area contributed by atoms with Crippen LogP contribution in [0.25, 0.3) is 0 Å². The molecule has 1 amide bonds. The second-order valence-electron chi connectivity index (χ2n) is 3.13. The number of nitrogens with one attached hydrogen (secondary N) is 1. The Labute approximate surface area is 93.6 Å². The van der Waals surface area contributed by atoms with E-state index in [1.54, 1.807) is 6.08 Å². The van der Waals surface area contributed by atoms with Gasteiger partial charge in [-0.1, -0.05) is 23.9 Å². The fraction of sp³-hybridized carbons (Fsp3) is 0.500. The predicted octanol–water partition coefficient (Wildman–Crippen LogP) is 1.80. The number of aromatic nitrogens is 2. The number of amides is 1. The zero-order valence-electron chi connectivity index (χ0n) is 8.82. The quantitative estimate of drug-likeness (QED) is 0.593. The molecule has 82 valence electrons. The Bertz CT molecular complexity index is 335. The van der Waals surface area contributed by atoms with E-state index in [0.29, 0.717) is 11.4 Å². The third-order valence-electron chi connectivity index (χ3n) is 1.88. The molecular weight excluding hydrogens is 210 g/mol. The number of hydrogen-bond acceptors (Lipinski definition) is 4. The molecule has 1 aromatic heterocycles. The van der Waals surface area contributed by atoms with Gasteiger partial charge in [0.2, 0.25) is 0 Å². The van der Waals surface area contributed by atoms with Gasteiger partial charge in [0.25, 0.3) is 5.91 Å². The molecule has 0 bridgehead atoms. The minimum atomic E-state index is -0.0738. The van der Waals surface area contributed by atoms with Crippen molar-refractivity contribution < 1.29 is 4.79 Å². The van der Waals surface area contributed by atoms with Gasteiger partial charge in [0.1, 0.15) is 4.88 Å². The van der Waals surface area contributed by atoms with Gasteiger partial charge in [0.05, 0.1) is 5.69 Å². The van der Waals surface area contributed by atoms with Gasteiger partial charge in [-0.05, 0) is 24.4 Å². The standard InChI is InChI=1S/C10H15N3OS/c1-3-5-7-11-10(14)9-8(6-4-2)12-13-15-9/h3H,1,4-7H2,2H3,(H,11,14). The maximum Gasteiger partial charge on any atom is 0.264 e. The monoisotopic (exact) mass is 225 g/mol. The average Bonchev–Trinajstić information content (AvgIpc) is 2.67. The van der Waals surface area contributed by atoms with E-state index in [1.807, 2.05) is 0 Å². The number of hydrogen-bond donors (Lipinski definition) is 1. The first-order valence-electron chi connectivity index (χ1n) is 5.00. The highest BCUT2D eigenvalue weighted by atomic mass is 32.1. The van der Waals surface area contributed by atoms with Crippen LogP contribution in [0.3, 0.4) is 0 Å². The lowest BCUT2D eigenvalue weighted by atomic mass is 10.2. The molecule has 0 aromatic carbocycles. The molecule has 5 heteroatoms. The summed E-state index contributed by atoms with van der Waals surface area (Å²) >= 11 is 1.16. The summed E-state index contributed by atoms with van der Waals surface area (Å²) in [6.07, 6.45) is 4.33. The second-order valence-corrected chi connectivity index (χ2v) is 3.89. The Hall–Kier alpha value is -1.23. The minimum absolute atomic E-state index is 0.0738. The Morgan fingerprint density at radius 3 is 3.13 bits per heavy atom. The molecular formula is C10H15N3OS. The molecule has 0 saturated carbocycles. The molecule has 0 saturated heterocycles. The van der Waals surface area contributed by atoms with Crippen LogP contribution in [0.2, 0.25) is 0 Å². The van der Waals surface area contributed by atoms with Crippen LogP contribution in [0.5, 0.6) is 0 Å². The summed E-state index contributed by atoms with van der Waals surface area (Å²) in [5.74, 6) is -0.0738. The number of aryl methyl sites for hydroxylation is 1. The van der Waals surface area contributed by atoms with Gasteiger partial charge in [0, 0.05) is 6.54 Å². The fourth-order valence-corrected chi connectivity index (χ4v) is 1.77. The highest BCUT2D eigenvalue weighted by Crippen LogP contribution is 2.12. The van der Waals surface area contributed by atoms with E-state index in [1.165, 1.54) is 0 Å². The average molecular weight is 225 g/mol. The van der Waals surface area contributed by atoms with E-state index in [2.05, 4.69) is 28.4 Å². The molecule has 0 spiro atoms. The number of nitrogens with zero attached hydrogens (tertiary/aromatic N) is 2.